The normalized spacial score (nSPS) is 10.1. The highest BCUT2D eigenvalue weighted by Gasteiger charge is 2.20. The molecule has 0 aliphatic heterocycles. The first-order chi connectivity index (χ1) is 10.2. The summed E-state index contributed by atoms with van der Waals surface area (Å²) in [6.07, 6.45) is 0. The Morgan fingerprint density at radius 2 is 2.14 bits per heavy atom. The third kappa shape index (κ3) is 4.09. The van der Waals surface area contributed by atoms with Crippen molar-refractivity contribution in [2.45, 2.75) is 6.92 Å². The molecule has 0 amide bonds. The Balaban J connectivity index is 1.87. The molecule has 1 heterocycles. The van der Waals surface area contributed by atoms with E-state index in [1.165, 1.54) is 0 Å². The van der Waals surface area contributed by atoms with Gasteiger partial charge in [0, 0.05) is 6.54 Å². The number of rotatable bonds is 7. The van der Waals surface area contributed by atoms with Gasteiger partial charge in [-0.1, -0.05) is 18.2 Å². The molecular formula is C14H17N3O3S. The fourth-order valence-corrected chi connectivity index (χ4v) is 2.40. The van der Waals surface area contributed by atoms with E-state index in [-0.39, 0.29) is 5.82 Å². The standard InChI is InChI=1S/C14H17N3O3S/c1-2-19-14(18)11-12(15)17-21-13(11)16-8-9-20-10-6-4-3-5-7-10/h3-7,16H,2,8-9H2,1H3,(H2,15,17). The van der Waals surface area contributed by atoms with Crippen LogP contribution in [0.25, 0.3) is 0 Å². The van der Waals surface area contributed by atoms with E-state index >= 15 is 0 Å². The molecule has 0 fully saturated rings. The van der Waals surface area contributed by atoms with Crippen LogP contribution in [0.2, 0.25) is 0 Å². The van der Waals surface area contributed by atoms with Gasteiger partial charge in [-0.3, -0.25) is 0 Å². The third-order valence-corrected chi connectivity index (χ3v) is 3.42. The van der Waals surface area contributed by atoms with Gasteiger partial charge in [0.1, 0.15) is 22.9 Å². The summed E-state index contributed by atoms with van der Waals surface area (Å²) in [5.74, 6) is 0.522. The van der Waals surface area contributed by atoms with E-state index in [1.54, 1.807) is 6.92 Å². The highest BCUT2D eigenvalue weighted by molar-refractivity contribution is 7.11. The average molecular weight is 307 g/mol. The summed E-state index contributed by atoms with van der Waals surface area (Å²) in [6.45, 7) is 3.03. The molecule has 0 saturated carbocycles. The van der Waals surface area contributed by atoms with E-state index < -0.39 is 5.97 Å². The minimum Gasteiger partial charge on any atom is -0.492 e. The number of nitrogens with zero attached hydrogens (tertiary/aromatic N) is 1. The topological polar surface area (TPSA) is 86.5 Å². The molecule has 3 N–H and O–H groups in total. The minimum absolute atomic E-state index is 0.185. The van der Waals surface area contributed by atoms with Gasteiger partial charge in [0.05, 0.1) is 6.61 Å². The van der Waals surface area contributed by atoms with Crippen molar-refractivity contribution >= 4 is 28.3 Å². The molecule has 0 unspecified atom stereocenters. The average Bonchev–Trinajstić information content (AvgIpc) is 2.86. The highest BCUT2D eigenvalue weighted by atomic mass is 32.1. The Morgan fingerprint density at radius 1 is 1.38 bits per heavy atom. The molecule has 0 atom stereocenters. The van der Waals surface area contributed by atoms with Gasteiger partial charge in [0.15, 0.2) is 5.82 Å². The number of esters is 1. The zero-order chi connectivity index (χ0) is 15.1. The van der Waals surface area contributed by atoms with Crippen LogP contribution in [0.1, 0.15) is 17.3 Å². The lowest BCUT2D eigenvalue weighted by molar-refractivity contribution is 0.0529. The Morgan fingerprint density at radius 3 is 2.86 bits per heavy atom. The number of hydrogen-bond donors (Lipinski definition) is 2. The van der Waals surface area contributed by atoms with Gasteiger partial charge in [0.25, 0.3) is 0 Å². The van der Waals surface area contributed by atoms with Crippen molar-refractivity contribution in [3.8, 4) is 5.75 Å². The summed E-state index contributed by atoms with van der Waals surface area (Å²) in [5.41, 5.74) is 5.99. The zero-order valence-electron chi connectivity index (χ0n) is 11.7. The second-order valence-corrected chi connectivity index (χ2v) is 4.85. The number of nitrogens with one attached hydrogen (secondary N) is 1. The number of benzene rings is 1. The van der Waals surface area contributed by atoms with E-state index in [1.807, 2.05) is 30.3 Å². The number of anilines is 2. The van der Waals surface area contributed by atoms with Crippen molar-refractivity contribution in [3.05, 3.63) is 35.9 Å². The van der Waals surface area contributed by atoms with Crippen molar-refractivity contribution in [1.29, 1.82) is 0 Å². The van der Waals surface area contributed by atoms with Crippen LogP contribution < -0.4 is 15.8 Å². The summed E-state index contributed by atoms with van der Waals surface area (Å²) in [4.78, 5) is 11.8. The maximum atomic E-state index is 11.8. The van der Waals surface area contributed by atoms with Crippen molar-refractivity contribution in [1.82, 2.24) is 4.37 Å². The number of carbonyl (C=O) groups excluding carboxylic acids is 1. The van der Waals surface area contributed by atoms with Crippen LogP contribution in [0.3, 0.4) is 0 Å². The molecule has 0 spiro atoms. The van der Waals surface area contributed by atoms with Gasteiger partial charge >= 0.3 is 5.97 Å². The number of nitrogen functional groups attached to an aromatic ring is 1. The second kappa shape index (κ2) is 7.49. The first kappa shape index (κ1) is 15.1. The maximum absolute atomic E-state index is 11.8. The lowest BCUT2D eigenvalue weighted by atomic mass is 10.3. The van der Waals surface area contributed by atoms with Crippen molar-refractivity contribution in [2.75, 3.05) is 30.8 Å². The molecular weight excluding hydrogens is 290 g/mol. The van der Waals surface area contributed by atoms with E-state index in [4.69, 9.17) is 15.2 Å². The molecule has 21 heavy (non-hydrogen) atoms. The molecule has 0 aliphatic carbocycles. The number of hydrogen-bond acceptors (Lipinski definition) is 7. The van der Waals surface area contributed by atoms with Gasteiger partial charge < -0.3 is 20.5 Å². The van der Waals surface area contributed by atoms with Crippen molar-refractivity contribution < 1.29 is 14.3 Å². The molecule has 0 aliphatic rings. The maximum Gasteiger partial charge on any atom is 0.344 e. The summed E-state index contributed by atoms with van der Waals surface area (Å²) in [5, 5.41) is 3.69. The van der Waals surface area contributed by atoms with Crippen LogP contribution in [0.4, 0.5) is 10.8 Å². The molecule has 7 heteroatoms. The first-order valence-electron chi connectivity index (χ1n) is 6.56. The summed E-state index contributed by atoms with van der Waals surface area (Å²) in [7, 11) is 0. The highest BCUT2D eigenvalue weighted by Crippen LogP contribution is 2.27. The van der Waals surface area contributed by atoms with Crippen LogP contribution in [0, 0.1) is 0 Å². The van der Waals surface area contributed by atoms with Gasteiger partial charge in [-0.05, 0) is 30.6 Å². The predicted molar refractivity (Wildman–Crippen MR) is 82.9 cm³/mol. The van der Waals surface area contributed by atoms with Crippen LogP contribution in [0.15, 0.2) is 30.3 Å². The van der Waals surface area contributed by atoms with E-state index in [0.717, 1.165) is 17.3 Å². The molecule has 0 saturated heterocycles. The molecule has 2 aromatic rings. The Hall–Kier alpha value is -2.28. The quantitative estimate of drug-likeness (QED) is 0.603. The summed E-state index contributed by atoms with van der Waals surface area (Å²) < 4.78 is 14.5. The predicted octanol–water partition coefficient (Wildman–Crippen LogP) is 2.39. The SMILES string of the molecule is CCOC(=O)c1c(N)nsc1NCCOc1ccccc1. The molecule has 6 nitrogen and oxygen atoms in total. The number of aromatic nitrogens is 1. The van der Waals surface area contributed by atoms with Crippen molar-refractivity contribution in [2.24, 2.45) is 0 Å². The first-order valence-corrected chi connectivity index (χ1v) is 7.33. The van der Waals surface area contributed by atoms with E-state index in [2.05, 4.69) is 9.69 Å². The Labute approximate surface area is 127 Å². The molecule has 1 aromatic carbocycles. The summed E-state index contributed by atoms with van der Waals surface area (Å²) in [6, 6.07) is 9.51. The smallest absolute Gasteiger partial charge is 0.344 e. The number of nitrogens with two attached hydrogens (primary N) is 1. The monoisotopic (exact) mass is 307 g/mol. The van der Waals surface area contributed by atoms with Gasteiger partial charge in [-0.25, -0.2) is 4.79 Å². The molecule has 1 aromatic heterocycles. The lowest BCUT2D eigenvalue weighted by Crippen LogP contribution is -2.14. The van der Waals surface area contributed by atoms with Gasteiger partial charge in [-0.15, -0.1) is 0 Å². The van der Waals surface area contributed by atoms with Crippen LogP contribution in [0.5, 0.6) is 5.75 Å². The van der Waals surface area contributed by atoms with Gasteiger partial charge in [0.2, 0.25) is 0 Å². The fourth-order valence-electron chi connectivity index (χ4n) is 1.67. The third-order valence-electron chi connectivity index (χ3n) is 2.60. The summed E-state index contributed by atoms with van der Waals surface area (Å²) >= 11 is 1.13. The van der Waals surface area contributed by atoms with Crippen LogP contribution in [-0.2, 0) is 4.74 Å². The van der Waals surface area contributed by atoms with Crippen molar-refractivity contribution in [3.63, 3.8) is 0 Å². The molecule has 0 bridgehead atoms. The van der Waals surface area contributed by atoms with E-state index in [0.29, 0.717) is 30.3 Å². The zero-order valence-corrected chi connectivity index (χ0v) is 12.5. The van der Waals surface area contributed by atoms with Gasteiger partial charge in [-0.2, -0.15) is 4.37 Å². The number of ether oxygens (including phenoxy) is 2. The van der Waals surface area contributed by atoms with E-state index in [9.17, 15) is 4.79 Å². The Kier molecular flexibility index (Phi) is 5.39. The Bertz CT molecular complexity index is 586. The van der Waals surface area contributed by atoms with Crippen LogP contribution in [-0.4, -0.2) is 30.1 Å². The minimum atomic E-state index is -0.463. The fraction of sp³-hybridized carbons (Fsp3) is 0.286. The number of carbonyl (C=O) groups is 1. The lowest BCUT2D eigenvalue weighted by Gasteiger charge is -2.08. The molecule has 112 valence electrons. The molecule has 0 radical (unpaired) electrons. The second-order valence-electron chi connectivity index (χ2n) is 4.08. The molecule has 2 rings (SSSR count). The number of para-hydroxylation sites is 1. The van der Waals surface area contributed by atoms with Crippen LogP contribution >= 0.6 is 11.5 Å². The largest absolute Gasteiger partial charge is 0.492 e.